The first-order valence-electron chi connectivity index (χ1n) is 11.1. The normalized spacial score (nSPS) is 16.0. The van der Waals surface area contributed by atoms with E-state index in [4.69, 9.17) is 0 Å². The lowest BCUT2D eigenvalue weighted by Crippen LogP contribution is -2.44. The standard InChI is InChI=1S/C25H25N7O/c33-25(30-24(19-8-3-1-4-9-19)20-10-5-2-6-11-20)21-12-7-13-31(15-21)22-14-23(28-17-27-22)32-18-26-16-29-32/h1-6,8-11,14,16-18,21,24H,7,12-13,15H2,(H,30,33). The molecule has 1 fully saturated rings. The summed E-state index contributed by atoms with van der Waals surface area (Å²) in [5, 5.41) is 7.44. The largest absolute Gasteiger partial charge is 0.356 e. The molecular formula is C25H25N7O. The molecule has 166 valence electrons. The van der Waals surface area contributed by atoms with E-state index in [2.05, 4.69) is 54.5 Å². The van der Waals surface area contributed by atoms with Crippen molar-refractivity contribution in [2.24, 2.45) is 5.92 Å². The lowest BCUT2D eigenvalue weighted by atomic mass is 9.94. The molecule has 5 rings (SSSR count). The van der Waals surface area contributed by atoms with Crippen molar-refractivity contribution < 1.29 is 4.79 Å². The van der Waals surface area contributed by atoms with E-state index in [1.54, 1.807) is 11.0 Å². The Morgan fingerprint density at radius 3 is 2.30 bits per heavy atom. The van der Waals surface area contributed by atoms with Gasteiger partial charge in [0.05, 0.1) is 12.0 Å². The Morgan fingerprint density at radius 2 is 1.64 bits per heavy atom. The van der Waals surface area contributed by atoms with Gasteiger partial charge in [-0.3, -0.25) is 4.79 Å². The van der Waals surface area contributed by atoms with Gasteiger partial charge in [0, 0.05) is 19.2 Å². The summed E-state index contributed by atoms with van der Waals surface area (Å²) in [7, 11) is 0. The van der Waals surface area contributed by atoms with Gasteiger partial charge in [-0.1, -0.05) is 60.7 Å². The molecule has 2 aromatic heterocycles. The van der Waals surface area contributed by atoms with Gasteiger partial charge in [0.1, 0.15) is 24.8 Å². The first-order valence-corrected chi connectivity index (χ1v) is 11.1. The van der Waals surface area contributed by atoms with Crippen LogP contribution in [0.25, 0.3) is 5.82 Å². The summed E-state index contributed by atoms with van der Waals surface area (Å²) in [5.74, 6) is 1.37. The third-order valence-electron chi connectivity index (χ3n) is 5.96. The van der Waals surface area contributed by atoms with Gasteiger partial charge in [0.2, 0.25) is 5.91 Å². The van der Waals surface area contributed by atoms with Crippen LogP contribution >= 0.6 is 0 Å². The smallest absolute Gasteiger partial charge is 0.225 e. The van der Waals surface area contributed by atoms with Crippen LogP contribution in [0.2, 0.25) is 0 Å². The molecule has 33 heavy (non-hydrogen) atoms. The van der Waals surface area contributed by atoms with Gasteiger partial charge in [0.15, 0.2) is 5.82 Å². The molecule has 3 heterocycles. The van der Waals surface area contributed by atoms with Crippen LogP contribution in [0.15, 0.2) is 85.7 Å². The number of hydrogen-bond donors (Lipinski definition) is 1. The van der Waals surface area contributed by atoms with Crippen LogP contribution in [-0.2, 0) is 4.79 Å². The molecule has 0 spiro atoms. The fourth-order valence-electron chi connectivity index (χ4n) is 4.27. The van der Waals surface area contributed by atoms with Crippen LogP contribution in [0.5, 0.6) is 0 Å². The maximum Gasteiger partial charge on any atom is 0.225 e. The summed E-state index contributed by atoms with van der Waals surface area (Å²) in [4.78, 5) is 28.2. The number of benzene rings is 2. The molecule has 4 aromatic rings. The minimum atomic E-state index is -0.187. The van der Waals surface area contributed by atoms with Crippen LogP contribution in [0.1, 0.15) is 30.0 Å². The summed E-state index contributed by atoms with van der Waals surface area (Å²) in [6, 6.07) is 21.9. The van der Waals surface area contributed by atoms with Crippen molar-refractivity contribution in [2.45, 2.75) is 18.9 Å². The van der Waals surface area contributed by atoms with Gasteiger partial charge in [-0.05, 0) is 24.0 Å². The van der Waals surface area contributed by atoms with E-state index in [1.165, 1.54) is 12.7 Å². The van der Waals surface area contributed by atoms with E-state index >= 15 is 0 Å². The number of aromatic nitrogens is 5. The number of hydrogen-bond acceptors (Lipinski definition) is 6. The maximum absolute atomic E-state index is 13.4. The average molecular weight is 440 g/mol. The van der Waals surface area contributed by atoms with E-state index in [0.29, 0.717) is 12.4 Å². The van der Waals surface area contributed by atoms with Crippen molar-refractivity contribution in [3.05, 3.63) is 96.8 Å². The Hall–Kier alpha value is -4.07. The van der Waals surface area contributed by atoms with E-state index in [9.17, 15) is 4.79 Å². The number of nitrogens with one attached hydrogen (secondary N) is 1. The molecule has 1 saturated heterocycles. The molecule has 0 radical (unpaired) electrons. The zero-order chi connectivity index (χ0) is 22.5. The fourth-order valence-corrected chi connectivity index (χ4v) is 4.27. The van der Waals surface area contributed by atoms with Gasteiger partial charge >= 0.3 is 0 Å². The number of anilines is 1. The number of nitrogens with zero attached hydrogens (tertiary/aromatic N) is 6. The summed E-state index contributed by atoms with van der Waals surface area (Å²) in [5.41, 5.74) is 2.14. The average Bonchev–Trinajstić information content (AvgIpc) is 3.44. The highest BCUT2D eigenvalue weighted by Gasteiger charge is 2.29. The highest BCUT2D eigenvalue weighted by molar-refractivity contribution is 5.80. The molecule has 8 heteroatoms. The van der Waals surface area contributed by atoms with Crippen LogP contribution in [0.4, 0.5) is 5.82 Å². The molecule has 1 atom stereocenters. The minimum absolute atomic E-state index is 0.0583. The third kappa shape index (κ3) is 4.74. The van der Waals surface area contributed by atoms with Crippen molar-refractivity contribution in [3.8, 4) is 5.82 Å². The topological polar surface area (TPSA) is 88.8 Å². The molecule has 0 bridgehead atoms. The molecule has 1 N–H and O–H groups in total. The number of carbonyl (C=O) groups is 1. The zero-order valence-corrected chi connectivity index (χ0v) is 18.2. The van der Waals surface area contributed by atoms with Gasteiger partial charge in [-0.25, -0.2) is 19.6 Å². The quantitative estimate of drug-likeness (QED) is 0.496. The van der Waals surface area contributed by atoms with Crippen molar-refractivity contribution in [3.63, 3.8) is 0 Å². The monoisotopic (exact) mass is 439 g/mol. The Balaban J connectivity index is 1.33. The molecule has 1 unspecified atom stereocenters. The molecule has 2 aromatic carbocycles. The lowest BCUT2D eigenvalue weighted by molar-refractivity contribution is -0.125. The number of amides is 1. The third-order valence-corrected chi connectivity index (χ3v) is 5.96. The molecule has 0 aliphatic carbocycles. The van der Waals surface area contributed by atoms with Crippen molar-refractivity contribution in [1.82, 2.24) is 30.0 Å². The number of rotatable bonds is 6. The second-order valence-electron chi connectivity index (χ2n) is 8.12. The van der Waals surface area contributed by atoms with Gasteiger partial charge in [-0.15, -0.1) is 0 Å². The van der Waals surface area contributed by atoms with Gasteiger partial charge < -0.3 is 10.2 Å². The van der Waals surface area contributed by atoms with Crippen molar-refractivity contribution >= 4 is 11.7 Å². The summed E-state index contributed by atoms with van der Waals surface area (Å²) in [6.45, 7) is 1.45. The Bertz CT molecular complexity index is 1140. The predicted octanol–water partition coefficient (Wildman–Crippen LogP) is 3.18. The van der Waals surface area contributed by atoms with Crippen LogP contribution < -0.4 is 10.2 Å². The van der Waals surface area contributed by atoms with E-state index in [-0.39, 0.29) is 17.9 Å². The lowest BCUT2D eigenvalue weighted by Gasteiger charge is -2.33. The van der Waals surface area contributed by atoms with E-state index in [1.807, 2.05) is 42.5 Å². The maximum atomic E-state index is 13.4. The Morgan fingerprint density at radius 1 is 0.939 bits per heavy atom. The van der Waals surface area contributed by atoms with Crippen molar-refractivity contribution in [1.29, 1.82) is 0 Å². The zero-order valence-electron chi connectivity index (χ0n) is 18.2. The van der Waals surface area contributed by atoms with Crippen LogP contribution in [-0.4, -0.2) is 43.7 Å². The van der Waals surface area contributed by atoms with Crippen LogP contribution in [0.3, 0.4) is 0 Å². The molecule has 8 nitrogen and oxygen atoms in total. The first-order chi connectivity index (χ1) is 16.3. The highest BCUT2D eigenvalue weighted by atomic mass is 16.2. The SMILES string of the molecule is O=C(NC(c1ccccc1)c1ccccc1)C1CCCN(c2cc(-n3cncn3)ncn2)C1. The second-order valence-corrected chi connectivity index (χ2v) is 8.12. The fraction of sp³-hybridized carbons (Fsp3) is 0.240. The molecule has 0 saturated carbocycles. The number of carbonyl (C=O) groups excluding carboxylic acids is 1. The second kappa shape index (κ2) is 9.60. The van der Waals surface area contributed by atoms with E-state index in [0.717, 1.165) is 36.3 Å². The van der Waals surface area contributed by atoms with E-state index < -0.39 is 0 Å². The first kappa shape index (κ1) is 20.8. The molecule has 1 aliphatic heterocycles. The summed E-state index contributed by atoms with van der Waals surface area (Å²) in [6.07, 6.45) is 6.36. The predicted molar refractivity (Wildman–Crippen MR) is 125 cm³/mol. The Kier molecular flexibility index (Phi) is 6.06. The number of piperidine rings is 1. The summed E-state index contributed by atoms with van der Waals surface area (Å²) >= 11 is 0. The van der Waals surface area contributed by atoms with Gasteiger partial charge in [-0.2, -0.15) is 5.10 Å². The minimum Gasteiger partial charge on any atom is -0.356 e. The molecule has 1 amide bonds. The van der Waals surface area contributed by atoms with Crippen molar-refractivity contribution in [2.75, 3.05) is 18.0 Å². The summed E-state index contributed by atoms with van der Waals surface area (Å²) < 4.78 is 1.60. The van der Waals surface area contributed by atoms with Gasteiger partial charge in [0.25, 0.3) is 0 Å². The van der Waals surface area contributed by atoms with Crippen LogP contribution in [0, 0.1) is 5.92 Å². The molecular weight excluding hydrogens is 414 g/mol. The highest BCUT2D eigenvalue weighted by Crippen LogP contribution is 2.26. The Labute approximate surface area is 192 Å². The molecule has 1 aliphatic rings.